The van der Waals surface area contributed by atoms with Gasteiger partial charge in [0, 0.05) is 133 Å². The largest absolute Gasteiger partial charge is 1.00 e. The van der Waals surface area contributed by atoms with Crippen LogP contribution in [0.25, 0.3) is 32.7 Å². The third kappa shape index (κ3) is 42.8. The summed E-state index contributed by atoms with van der Waals surface area (Å²) < 4.78 is 142. The molecule has 3 aromatic heterocycles. The van der Waals surface area contributed by atoms with Crippen molar-refractivity contribution in [3.05, 3.63) is 196 Å². The summed E-state index contributed by atoms with van der Waals surface area (Å²) in [4.78, 5) is 19.6. The zero-order valence-corrected chi connectivity index (χ0v) is 73.8. The number of hydrogen-bond acceptors (Lipinski definition) is 24. The Morgan fingerprint density at radius 1 is 0.504 bits per heavy atom. The van der Waals surface area contributed by atoms with Crippen molar-refractivity contribution in [3.8, 4) is 18.2 Å². The van der Waals surface area contributed by atoms with Crippen LogP contribution in [0.3, 0.4) is 0 Å². The molecule has 0 aliphatic rings. The maximum absolute atomic E-state index is 11.7. The Morgan fingerprint density at radius 3 is 1.13 bits per heavy atom. The Kier molecular flexibility index (Phi) is 52.6. The smallest absolute Gasteiger partial charge is 1.00 e. The van der Waals surface area contributed by atoms with E-state index in [1.165, 1.54) is 5.56 Å². The predicted molar refractivity (Wildman–Crippen MR) is 462 cm³/mol. The Labute approximate surface area is 702 Å². The van der Waals surface area contributed by atoms with Gasteiger partial charge in [0.2, 0.25) is 0 Å². The van der Waals surface area contributed by atoms with Gasteiger partial charge in [-0.1, -0.05) is 96.1 Å². The number of methoxy groups -OCH3 is 1. The van der Waals surface area contributed by atoms with Crippen molar-refractivity contribution in [1.82, 2.24) is 19.9 Å². The molecular weight excluding hydrogens is 1590 g/mol. The first-order chi connectivity index (χ1) is 52.1. The monoisotopic (exact) mass is 1700 g/mol. The second kappa shape index (κ2) is 55.5. The minimum Gasteiger partial charge on any atom is -1.00 e. The summed E-state index contributed by atoms with van der Waals surface area (Å²) >= 11 is 0. The van der Waals surface area contributed by atoms with Crippen LogP contribution in [0.2, 0.25) is 0 Å². The average molecular weight is 1700 g/mol. The van der Waals surface area contributed by atoms with Gasteiger partial charge in [0.05, 0.1) is 77.9 Å². The van der Waals surface area contributed by atoms with E-state index in [4.69, 9.17) is 37.9 Å². The number of likely N-dealkylation sites (N-methyl/N-ethyl adjacent to an activating group) is 1. The van der Waals surface area contributed by atoms with Gasteiger partial charge in [-0.3, -0.25) is 11.3 Å². The van der Waals surface area contributed by atoms with Crippen LogP contribution in [0.15, 0.2) is 151 Å². The second-order valence-electron chi connectivity index (χ2n) is 24.9. The van der Waals surface area contributed by atoms with Crippen molar-refractivity contribution in [3.63, 3.8) is 0 Å². The SMILES string of the molecule is C=O.CCS(=O)(=O)Cc1ccc(N)cc1.CCS(=O)(=O)Cc1ccc(N/N=C/CCC#N)cc1.CCS(=O)(=O)Cc1ccc(NN)cc1.CCS(=O)(=O)Cc1ccc2[nH]cc(CC#N)c2c1.CCS(=O)(=O)Cc1ccc2[nH]cc(CCN(C)C)c2c1.CCS(=O)(=O)Cc1ccc2[nH]cc(CCN)c2c1.COCCC#N.Cl.[B].[H-].[HH].[Na+]. The fourth-order valence-corrected chi connectivity index (χ4v) is 15.1. The second-order valence-corrected chi connectivity index (χ2v) is 39.0. The maximum atomic E-state index is 11.7. The van der Waals surface area contributed by atoms with E-state index < -0.39 is 59.0 Å². The predicted octanol–water partition coefficient (Wildman–Crippen LogP) is 8.18. The van der Waals surface area contributed by atoms with Crippen LogP contribution < -0.4 is 57.7 Å². The number of hydrazone groups is 1. The number of hydrogen-bond donors (Lipinski definition) is 8. The van der Waals surface area contributed by atoms with Crippen LogP contribution in [0, 0.1) is 34.0 Å². The molecule has 9 aromatic rings. The third-order valence-electron chi connectivity index (χ3n) is 16.1. The summed E-state index contributed by atoms with van der Waals surface area (Å²) in [6.07, 6.45) is 11.0. The molecule has 0 saturated carbocycles. The molecular formula is C77H111BClN13NaO14S6. The molecule has 0 aliphatic carbocycles. The van der Waals surface area contributed by atoms with E-state index in [0.29, 0.717) is 44.5 Å². The van der Waals surface area contributed by atoms with E-state index in [1.54, 1.807) is 134 Å². The van der Waals surface area contributed by atoms with Gasteiger partial charge in [0.25, 0.3) is 0 Å². The third-order valence-corrected chi connectivity index (χ3v) is 26.0. The molecule has 0 fully saturated rings. The van der Waals surface area contributed by atoms with Crippen molar-refractivity contribution in [2.45, 2.75) is 115 Å². The summed E-state index contributed by atoms with van der Waals surface area (Å²) in [5.74, 6) is 6.72. The number of aromatic nitrogens is 3. The van der Waals surface area contributed by atoms with Crippen molar-refractivity contribution in [2.24, 2.45) is 16.7 Å². The van der Waals surface area contributed by atoms with E-state index in [9.17, 15) is 50.5 Å². The molecule has 113 heavy (non-hydrogen) atoms. The standard InChI is InChI=1S/C15H22N2O2S.C13H17N3O2S.C13H18N2O2S.C13H14N2O2S.C9H14N2O2S.C9H13NO2S.C4H7NO.CH2O.B.ClH.Na.H2.H/c1-4-20(18,19)11-12-5-6-15-14(9-12)13(10-16-15)7-8-17(2)3;1-2-19(17,18)11-12-5-7-13(8-6-12)16-15-10-4-3-9-14;2*1-2-18(16,17)9-10-3-4-13-12(7-10)11(5-6-14)8-15-13;1-2-14(12,13)7-8-3-5-9(11-10)6-4-8;1-2-13(11,12)7-8-3-5-9(10)6-4-8;1-6-4-2-3-5;1-2;;;;;/h5-6,9-10,16H,4,7-8,11H2,1-3H3;5-8,10,16H,2-4,11H2,1H3;3-4,7-8,15H,2,5-6,9,14H2,1H3;3-4,7-8,15H,2,5,9H2,1H3;3-6,11H,2,7,10H2,1H3;3-6H,2,7,10H2,1H3;2,4H2,1H3;1H2;;1H;;1H;/q;;;;;;;;;;+1;;-1/b;15-10+;;;;;;;;;;;. The van der Waals surface area contributed by atoms with Gasteiger partial charge in [-0.15, -0.1) is 12.4 Å². The molecule has 27 nitrogen and oxygen atoms in total. The molecule has 0 unspecified atom stereocenters. The Morgan fingerprint density at radius 2 is 0.823 bits per heavy atom. The fraction of sp³-hybridized carbons (Fsp3) is 0.390. The molecule has 0 atom stereocenters. The van der Waals surface area contributed by atoms with Crippen LogP contribution in [-0.2, 0) is 122 Å². The van der Waals surface area contributed by atoms with E-state index in [-0.39, 0.29) is 122 Å². The number of anilines is 3. The number of carbonyl (C=O) groups excluding carboxylic acids is 1. The number of nitrogens with two attached hydrogens (primary N) is 3. The number of unbranched alkanes of at least 4 members (excludes halogenated alkanes) is 1. The number of carbonyl (C=O) groups is 1. The minimum atomic E-state index is -3.02. The van der Waals surface area contributed by atoms with Gasteiger partial charge < -0.3 is 47.7 Å². The molecule has 3 heterocycles. The van der Waals surface area contributed by atoms with Gasteiger partial charge in [-0.05, 0) is 163 Å². The van der Waals surface area contributed by atoms with Crippen molar-refractivity contribution >= 4 is 143 Å². The molecule has 11 N–H and O–H groups in total. The van der Waals surface area contributed by atoms with Gasteiger partial charge in [0.15, 0.2) is 59.0 Å². The summed E-state index contributed by atoms with van der Waals surface area (Å²) in [5.41, 5.74) is 29.6. The Balaban J connectivity index is -0.000000628. The maximum Gasteiger partial charge on any atom is 1.00 e. The number of hydrazine groups is 1. The molecule has 615 valence electrons. The van der Waals surface area contributed by atoms with Gasteiger partial charge in [-0.2, -0.15) is 20.9 Å². The van der Waals surface area contributed by atoms with Crippen molar-refractivity contribution in [2.75, 3.05) is 92.0 Å². The summed E-state index contributed by atoms with van der Waals surface area (Å²) in [6, 6.07) is 44.2. The van der Waals surface area contributed by atoms with Crippen LogP contribution in [-0.4, -0.2) is 167 Å². The zero-order valence-electron chi connectivity index (χ0n) is 67.1. The first kappa shape index (κ1) is 107. The number of H-pyrrole nitrogens is 3. The van der Waals surface area contributed by atoms with Gasteiger partial charge in [-0.25, -0.2) is 50.5 Å². The van der Waals surface area contributed by atoms with E-state index >= 15 is 0 Å². The quantitative estimate of drug-likeness (QED) is 0.00507. The molecule has 36 heteroatoms. The number of aromatic amines is 3. The number of nitriles is 3. The first-order valence-corrected chi connectivity index (χ1v) is 46.0. The summed E-state index contributed by atoms with van der Waals surface area (Å²) in [6.45, 7) is 14.0. The summed E-state index contributed by atoms with van der Waals surface area (Å²) in [5, 5.41) is 32.0. The number of fused-ring (bicyclic) bond motifs is 3. The molecule has 9 rings (SSSR count). The number of rotatable bonds is 31. The van der Waals surface area contributed by atoms with E-state index in [2.05, 4.69) is 46.6 Å². The summed E-state index contributed by atoms with van der Waals surface area (Å²) in [7, 11) is -12.2. The normalized spacial score (nSPS) is 11.0. The number of benzene rings is 6. The molecule has 0 saturated heterocycles. The van der Waals surface area contributed by atoms with Gasteiger partial charge in [0.1, 0.15) is 6.79 Å². The fourth-order valence-electron chi connectivity index (χ4n) is 9.67. The molecule has 0 aliphatic heterocycles. The minimum absolute atomic E-state index is 0. The number of sulfone groups is 6. The average Bonchev–Trinajstić information content (AvgIpc) is 1.69. The van der Waals surface area contributed by atoms with Crippen molar-refractivity contribution < 1.29 is 92.4 Å². The van der Waals surface area contributed by atoms with Crippen LogP contribution in [0.4, 0.5) is 17.1 Å². The molecule has 3 radical (unpaired) electrons. The molecule has 0 amide bonds. The van der Waals surface area contributed by atoms with E-state index in [1.807, 2.05) is 100 Å². The number of ether oxygens (including phenoxy) is 1. The molecule has 6 aromatic carbocycles. The molecule has 0 bridgehead atoms. The topological polar surface area (TPSA) is 468 Å². The number of nitrogens with zero attached hydrogens (tertiary/aromatic N) is 5. The number of nitrogen functional groups attached to an aromatic ring is 2. The van der Waals surface area contributed by atoms with Gasteiger partial charge >= 0.3 is 29.6 Å². The Bertz CT molecular complexity index is 5190. The van der Waals surface area contributed by atoms with Crippen LogP contribution in [0.5, 0.6) is 0 Å². The zero-order chi connectivity index (χ0) is 82.6. The first-order valence-electron chi connectivity index (χ1n) is 35.1. The Hall–Kier alpha value is -7.96. The van der Waals surface area contributed by atoms with Crippen molar-refractivity contribution in [1.29, 1.82) is 15.8 Å². The number of halogens is 1. The van der Waals surface area contributed by atoms with Crippen LogP contribution >= 0.6 is 12.4 Å². The number of nitrogens with one attached hydrogen (secondary N) is 5. The van der Waals surface area contributed by atoms with Crippen LogP contribution in [0.1, 0.15) is 114 Å². The molecule has 0 spiro atoms. The van der Waals surface area contributed by atoms with E-state index in [0.717, 1.165) is 108 Å².